The maximum absolute atomic E-state index is 11.7. The molecule has 0 heterocycles. The quantitative estimate of drug-likeness (QED) is 0.861. The Bertz CT molecular complexity index is 388. The lowest BCUT2D eigenvalue weighted by molar-refractivity contribution is -0.129. The van der Waals surface area contributed by atoms with Crippen molar-refractivity contribution in [3.05, 3.63) is 24.3 Å². The molecule has 1 N–H and O–H groups in total. The Balaban J connectivity index is 2.75. The van der Waals surface area contributed by atoms with Gasteiger partial charge in [-0.3, -0.25) is 4.79 Å². The number of carbonyl (C=O) groups is 1. The van der Waals surface area contributed by atoms with E-state index in [0.29, 0.717) is 0 Å². The maximum atomic E-state index is 11.7. The summed E-state index contributed by atoms with van der Waals surface area (Å²) in [5.41, 5.74) is 2.07. The van der Waals surface area contributed by atoms with Gasteiger partial charge in [0.15, 0.2) is 0 Å². The second kappa shape index (κ2) is 5.57. The van der Waals surface area contributed by atoms with Gasteiger partial charge in [0.2, 0.25) is 5.91 Å². The fraction of sp³-hybridized carbons (Fsp3) is 0.462. The number of nitrogens with zero attached hydrogens (tertiary/aromatic N) is 2. The van der Waals surface area contributed by atoms with Crippen molar-refractivity contribution in [3.63, 3.8) is 0 Å². The van der Waals surface area contributed by atoms with Crippen molar-refractivity contribution in [3.8, 4) is 0 Å². The molecule has 0 aromatic heterocycles. The third kappa shape index (κ3) is 3.66. The van der Waals surface area contributed by atoms with E-state index in [1.54, 1.807) is 19.0 Å². The van der Waals surface area contributed by atoms with E-state index >= 15 is 0 Å². The van der Waals surface area contributed by atoms with Gasteiger partial charge in [-0.25, -0.2) is 0 Å². The minimum atomic E-state index is -0.220. The highest BCUT2D eigenvalue weighted by Gasteiger charge is 2.14. The Morgan fingerprint density at radius 3 is 2.41 bits per heavy atom. The van der Waals surface area contributed by atoms with Crippen LogP contribution in [-0.2, 0) is 4.79 Å². The molecule has 0 aliphatic heterocycles. The monoisotopic (exact) mass is 235 g/mol. The Kier molecular flexibility index (Phi) is 4.37. The molecule has 1 unspecified atom stereocenters. The molecule has 1 atom stereocenters. The minimum absolute atomic E-state index is 0.0697. The summed E-state index contributed by atoms with van der Waals surface area (Å²) in [5, 5.41) is 3.20. The molecule has 0 spiro atoms. The van der Waals surface area contributed by atoms with Gasteiger partial charge in [0.1, 0.15) is 6.04 Å². The van der Waals surface area contributed by atoms with Gasteiger partial charge >= 0.3 is 0 Å². The Morgan fingerprint density at radius 2 is 1.88 bits per heavy atom. The van der Waals surface area contributed by atoms with E-state index in [-0.39, 0.29) is 11.9 Å². The first-order valence-corrected chi connectivity index (χ1v) is 5.67. The summed E-state index contributed by atoms with van der Waals surface area (Å²) in [5.74, 6) is 0.0697. The number of anilines is 2. The van der Waals surface area contributed by atoms with E-state index in [1.165, 1.54) is 0 Å². The van der Waals surface area contributed by atoms with Gasteiger partial charge in [-0.05, 0) is 25.1 Å². The first kappa shape index (κ1) is 13.4. The highest BCUT2D eigenvalue weighted by atomic mass is 16.2. The topological polar surface area (TPSA) is 35.6 Å². The Labute approximate surface area is 103 Å². The number of hydrogen-bond acceptors (Lipinski definition) is 3. The van der Waals surface area contributed by atoms with Crippen LogP contribution in [0.15, 0.2) is 24.3 Å². The van der Waals surface area contributed by atoms with Crippen molar-refractivity contribution < 1.29 is 4.79 Å². The van der Waals surface area contributed by atoms with Crippen LogP contribution in [0.2, 0.25) is 0 Å². The Hall–Kier alpha value is -1.71. The number of carbonyl (C=O) groups excluding carboxylic acids is 1. The van der Waals surface area contributed by atoms with Crippen LogP contribution in [0, 0.1) is 0 Å². The largest absolute Gasteiger partial charge is 0.378 e. The fourth-order valence-electron chi connectivity index (χ4n) is 1.57. The second-order valence-electron chi connectivity index (χ2n) is 4.54. The average Bonchev–Trinajstić information content (AvgIpc) is 2.28. The molecule has 0 fully saturated rings. The van der Waals surface area contributed by atoms with Crippen LogP contribution >= 0.6 is 0 Å². The van der Waals surface area contributed by atoms with E-state index in [1.807, 2.05) is 50.2 Å². The predicted molar refractivity (Wildman–Crippen MR) is 72.5 cm³/mol. The van der Waals surface area contributed by atoms with E-state index in [9.17, 15) is 4.79 Å². The number of nitrogens with one attached hydrogen (secondary N) is 1. The maximum Gasteiger partial charge on any atom is 0.244 e. The number of rotatable bonds is 4. The molecule has 94 valence electrons. The lowest BCUT2D eigenvalue weighted by Crippen LogP contribution is -2.36. The van der Waals surface area contributed by atoms with Gasteiger partial charge in [0.05, 0.1) is 0 Å². The van der Waals surface area contributed by atoms with Crippen LogP contribution in [0.1, 0.15) is 6.92 Å². The smallest absolute Gasteiger partial charge is 0.244 e. The molecule has 0 aliphatic rings. The average molecular weight is 235 g/mol. The van der Waals surface area contributed by atoms with Crippen molar-refractivity contribution in [2.45, 2.75) is 13.0 Å². The second-order valence-corrected chi connectivity index (χ2v) is 4.54. The van der Waals surface area contributed by atoms with Crippen molar-refractivity contribution in [1.29, 1.82) is 0 Å². The molecule has 1 aromatic carbocycles. The number of amides is 1. The van der Waals surface area contributed by atoms with E-state index in [0.717, 1.165) is 11.4 Å². The van der Waals surface area contributed by atoms with Crippen LogP contribution in [0.5, 0.6) is 0 Å². The zero-order chi connectivity index (χ0) is 13.0. The van der Waals surface area contributed by atoms with Crippen molar-refractivity contribution in [2.24, 2.45) is 0 Å². The molecule has 0 saturated carbocycles. The molecule has 0 aliphatic carbocycles. The first-order chi connectivity index (χ1) is 7.91. The molecule has 1 rings (SSSR count). The fourth-order valence-corrected chi connectivity index (χ4v) is 1.57. The van der Waals surface area contributed by atoms with Crippen molar-refractivity contribution >= 4 is 17.3 Å². The zero-order valence-corrected chi connectivity index (χ0v) is 11.2. The third-order valence-corrected chi connectivity index (χ3v) is 2.56. The van der Waals surface area contributed by atoms with Crippen molar-refractivity contribution in [2.75, 3.05) is 38.4 Å². The zero-order valence-electron chi connectivity index (χ0n) is 11.2. The summed E-state index contributed by atoms with van der Waals surface area (Å²) in [6.45, 7) is 1.87. The standard InChI is InChI=1S/C13H21N3O/c1-10(13(17)16(4)5)14-11-7-6-8-12(9-11)15(2)3/h6-10,14H,1-5H3. The highest BCUT2D eigenvalue weighted by Crippen LogP contribution is 2.18. The lowest BCUT2D eigenvalue weighted by atomic mass is 10.2. The van der Waals surface area contributed by atoms with Gasteiger partial charge in [-0.1, -0.05) is 6.07 Å². The summed E-state index contributed by atoms with van der Waals surface area (Å²) in [7, 11) is 7.51. The number of benzene rings is 1. The summed E-state index contributed by atoms with van der Waals surface area (Å²) in [6, 6.07) is 7.78. The highest BCUT2D eigenvalue weighted by molar-refractivity contribution is 5.84. The lowest BCUT2D eigenvalue weighted by Gasteiger charge is -2.20. The normalized spacial score (nSPS) is 11.8. The predicted octanol–water partition coefficient (Wildman–Crippen LogP) is 1.64. The molecule has 0 saturated heterocycles. The summed E-state index contributed by atoms with van der Waals surface area (Å²) in [4.78, 5) is 15.3. The summed E-state index contributed by atoms with van der Waals surface area (Å²) < 4.78 is 0. The van der Waals surface area contributed by atoms with Crippen LogP contribution in [0.3, 0.4) is 0 Å². The van der Waals surface area contributed by atoms with Crippen LogP contribution in [0.25, 0.3) is 0 Å². The van der Waals surface area contributed by atoms with Crippen LogP contribution < -0.4 is 10.2 Å². The first-order valence-electron chi connectivity index (χ1n) is 5.67. The summed E-state index contributed by atoms with van der Waals surface area (Å²) >= 11 is 0. The molecule has 1 amide bonds. The molecule has 4 nitrogen and oxygen atoms in total. The third-order valence-electron chi connectivity index (χ3n) is 2.56. The van der Waals surface area contributed by atoms with Gasteiger partial charge in [0, 0.05) is 39.6 Å². The van der Waals surface area contributed by atoms with Crippen LogP contribution in [0.4, 0.5) is 11.4 Å². The molecule has 17 heavy (non-hydrogen) atoms. The van der Waals surface area contributed by atoms with Crippen molar-refractivity contribution in [1.82, 2.24) is 4.90 Å². The molecule has 0 radical (unpaired) electrons. The number of hydrogen-bond donors (Lipinski definition) is 1. The molecule has 4 heteroatoms. The van der Waals surface area contributed by atoms with Gasteiger partial charge in [-0.2, -0.15) is 0 Å². The molecular formula is C13H21N3O. The van der Waals surface area contributed by atoms with Crippen LogP contribution in [-0.4, -0.2) is 45.0 Å². The SMILES string of the molecule is CC(Nc1cccc(N(C)C)c1)C(=O)N(C)C. The van der Waals surface area contributed by atoms with E-state index < -0.39 is 0 Å². The minimum Gasteiger partial charge on any atom is -0.378 e. The Morgan fingerprint density at radius 1 is 1.24 bits per heavy atom. The van der Waals surface area contributed by atoms with E-state index in [4.69, 9.17) is 0 Å². The summed E-state index contributed by atoms with van der Waals surface area (Å²) in [6.07, 6.45) is 0. The van der Waals surface area contributed by atoms with Gasteiger partial charge in [0.25, 0.3) is 0 Å². The van der Waals surface area contributed by atoms with Gasteiger partial charge in [-0.15, -0.1) is 0 Å². The van der Waals surface area contributed by atoms with E-state index in [2.05, 4.69) is 5.32 Å². The molecule has 0 bridgehead atoms. The molecular weight excluding hydrogens is 214 g/mol. The number of likely N-dealkylation sites (N-methyl/N-ethyl adjacent to an activating group) is 1. The van der Waals surface area contributed by atoms with Gasteiger partial charge < -0.3 is 15.1 Å². The molecule has 1 aromatic rings.